The van der Waals surface area contributed by atoms with Crippen molar-refractivity contribution in [3.05, 3.63) is 29.8 Å². The number of rotatable bonds is 3. The number of methoxy groups -OCH3 is 1. The van der Waals surface area contributed by atoms with Crippen LogP contribution in [0.5, 0.6) is 5.75 Å². The highest BCUT2D eigenvalue weighted by Crippen LogP contribution is 2.25. The average molecular weight is 291 g/mol. The summed E-state index contributed by atoms with van der Waals surface area (Å²) in [6.07, 6.45) is 4.60. The van der Waals surface area contributed by atoms with Gasteiger partial charge in [0.1, 0.15) is 11.8 Å². The zero-order valence-electron chi connectivity index (χ0n) is 12.9. The molecule has 4 heteroatoms. The van der Waals surface area contributed by atoms with Crippen molar-refractivity contribution < 1.29 is 14.3 Å². The zero-order chi connectivity index (χ0) is 15.2. The summed E-state index contributed by atoms with van der Waals surface area (Å²) in [5.41, 5.74) is 7.12. The van der Waals surface area contributed by atoms with Crippen molar-refractivity contribution >= 4 is 5.97 Å². The first-order valence-corrected chi connectivity index (χ1v) is 7.67. The molecule has 0 aromatic heterocycles. The third kappa shape index (κ3) is 4.74. The topological polar surface area (TPSA) is 61.5 Å². The largest absolute Gasteiger partial charge is 0.497 e. The summed E-state index contributed by atoms with van der Waals surface area (Å²) in [6.45, 7) is 1.96. The van der Waals surface area contributed by atoms with Gasteiger partial charge in [-0.15, -0.1) is 0 Å². The number of carbonyl (C=O) groups excluding carboxylic acids is 1. The lowest BCUT2D eigenvalue weighted by Crippen LogP contribution is -2.33. The van der Waals surface area contributed by atoms with Crippen molar-refractivity contribution in [1.82, 2.24) is 0 Å². The number of esters is 1. The number of hydrogen-bond acceptors (Lipinski definition) is 4. The molecule has 0 spiro atoms. The van der Waals surface area contributed by atoms with Crippen LogP contribution < -0.4 is 10.5 Å². The molecule has 1 aromatic carbocycles. The highest BCUT2D eigenvalue weighted by atomic mass is 16.5. The first-order valence-electron chi connectivity index (χ1n) is 7.67. The maximum Gasteiger partial charge on any atom is 0.323 e. The minimum absolute atomic E-state index is 0.0649. The van der Waals surface area contributed by atoms with E-state index in [1.807, 2.05) is 19.1 Å². The van der Waals surface area contributed by atoms with Crippen LogP contribution >= 0.6 is 0 Å². The van der Waals surface area contributed by atoms with Gasteiger partial charge in [0.15, 0.2) is 0 Å². The summed E-state index contributed by atoms with van der Waals surface area (Å²) in [5, 5.41) is 0. The molecule has 2 rings (SSSR count). The number of carbonyl (C=O) groups is 1. The predicted octanol–water partition coefficient (Wildman–Crippen LogP) is 2.69. The maximum atomic E-state index is 11.7. The second-order valence-corrected chi connectivity index (χ2v) is 5.94. The molecule has 1 aromatic rings. The Morgan fingerprint density at radius 3 is 2.67 bits per heavy atom. The van der Waals surface area contributed by atoms with E-state index < -0.39 is 6.04 Å². The molecule has 0 bridgehead atoms. The van der Waals surface area contributed by atoms with E-state index in [0.29, 0.717) is 12.3 Å². The predicted molar refractivity (Wildman–Crippen MR) is 82.2 cm³/mol. The van der Waals surface area contributed by atoms with Crippen LogP contribution in [0, 0.1) is 5.92 Å². The van der Waals surface area contributed by atoms with Crippen molar-refractivity contribution in [3.63, 3.8) is 0 Å². The number of nitrogens with two attached hydrogens (primary N) is 1. The average Bonchev–Trinajstić information content (AvgIpc) is 2.52. The first kappa shape index (κ1) is 15.8. The van der Waals surface area contributed by atoms with Gasteiger partial charge in [-0.2, -0.15) is 0 Å². The quantitative estimate of drug-likeness (QED) is 0.870. The lowest BCUT2D eigenvalue weighted by atomic mass is 9.89. The number of cyclic esters (lactones) is 1. The molecule has 1 aliphatic rings. The highest BCUT2D eigenvalue weighted by molar-refractivity contribution is 5.75. The van der Waals surface area contributed by atoms with E-state index in [0.717, 1.165) is 31.4 Å². The Labute approximate surface area is 126 Å². The molecule has 0 aliphatic carbocycles. The van der Waals surface area contributed by atoms with Crippen molar-refractivity contribution in [2.45, 2.75) is 51.2 Å². The van der Waals surface area contributed by atoms with Crippen LogP contribution in [0.4, 0.5) is 0 Å². The van der Waals surface area contributed by atoms with Crippen LogP contribution in [0.15, 0.2) is 24.3 Å². The zero-order valence-corrected chi connectivity index (χ0v) is 12.9. The summed E-state index contributed by atoms with van der Waals surface area (Å²) >= 11 is 0. The standard InChI is InChI=1S/C17H25NO3/c1-12-10-14(4-3-5-16(18)17(19)21-12)11-13-6-8-15(20-2)9-7-13/h6-9,12,14,16H,3-5,10-11,18H2,1-2H3/t12?,14?,16-/m0/s1. The Kier molecular flexibility index (Phi) is 5.62. The number of hydrogen-bond donors (Lipinski definition) is 1. The molecule has 1 heterocycles. The van der Waals surface area contributed by atoms with Crippen molar-refractivity contribution in [1.29, 1.82) is 0 Å². The Hall–Kier alpha value is -1.55. The molecule has 0 radical (unpaired) electrons. The molecule has 0 amide bonds. The Bertz CT molecular complexity index is 458. The molecule has 4 nitrogen and oxygen atoms in total. The molecule has 21 heavy (non-hydrogen) atoms. The van der Waals surface area contributed by atoms with E-state index in [1.165, 1.54) is 5.56 Å². The lowest BCUT2D eigenvalue weighted by molar-refractivity contribution is -0.150. The minimum Gasteiger partial charge on any atom is -0.497 e. The van der Waals surface area contributed by atoms with E-state index >= 15 is 0 Å². The molecular weight excluding hydrogens is 266 g/mol. The van der Waals surface area contributed by atoms with Crippen LogP contribution in [-0.4, -0.2) is 25.2 Å². The van der Waals surface area contributed by atoms with Gasteiger partial charge >= 0.3 is 5.97 Å². The van der Waals surface area contributed by atoms with Gasteiger partial charge in [0.25, 0.3) is 0 Å². The second-order valence-electron chi connectivity index (χ2n) is 5.94. The van der Waals surface area contributed by atoms with Crippen LogP contribution in [0.2, 0.25) is 0 Å². The summed E-state index contributed by atoms with van der Waals surface area (Å²) in [4.78, 5) is 11.7. The molecule has 1 fully saturated rings. The smallest absolute Gasteiger partial charge is 0.323 e. The third-order valence-corrected chi connectivity index (χ3v) is 4.10. The Balaban J connectivity index is 1.98. The number of ether oxygens (including phenoxy) is 2. The van der Waals surface area contributed by atoms with Gasteiger partial charge in [0.05, 0.1) is 13.2 Å². The fraction of sp³-hybridized carbons (Fsp3) is 0.588. The normalized spacial score (nSPS) is 27.2. The fourth-order valence-electron chi connectivity index (χ4n) is 2.95. The molecule has 1 saturated heterocycles. The number of benzene rings is 1. The minimum atomic E-state index is -0.466. The van der Waals surface area contributed by atoms with E-state index in [2.05, 4.69) is 12.1 Å². The molecule has 1 aliphatic heterocycles. The maximum absolute atomic E-state index is 11.7. The van der Waals surface area contributed by atoms with Gasteiger partial charge in [0, 0.05) is 0 Å². The summed E-state index contributed by atoms with van der Waals surface area (Å²) in [7, 11) is 1.67. The van der Waals surface area contributed by atoms with Crippen molar-refractivity contribution in [2.75, 3.05) is 7.11 Å². The van der Waals surface area contributed by atoms with E-state index in [1.54, 1.807) is 7.11 Å². The Morgan fingerprint density at radius 2 is 2.00 bits per heavy atom. The van der Waals surface area contributed by atoms with E-state index in [-0.39, 0.29) is 12.1 Å². The molecule has 0 saturated carbocycles. The highest BCUT2D eigenvalue weighted by Gasteiger charge is 2.23. The monoisotopic (exact) mass is 291 g/mol. The SMILES string of the molecule is COc1ccc(CC2CCC[C@H](N)C(=O)OC(C)C2)cc1. The van der Waals surface area contributed by atoms with Gasteiger partial charge in [-0.05, 0) is 56.2 Å². The van der Waals surface area contributed by atoms with Crippen molar-refractivity contribution in [3.8, 4) is 5.75 Å². The molecule has 2 N–H and O–H groups in total. The van der Waals surface area contributed by atoms with Crippen LogP contribution in [-0.2, 0) is 16.0 Å². The fourth-order valence-corrected chi connectivity index (χ4v) is 2.95. The van der Waals surface area contributed by atoms with Gasteiger partial charge < -0.3 is 15.2 Å². The van der Waals surface area contributed by atoms with E-state index in [4.69, 9.17) is 15.2 Å². The molecule has 3 atom stereocenters. The second kappa shape index (κ2) is 7.46. The summed E-state index contributed by atoms with van der Waals surface area (Å²) in [6, 6.07) is 7.72. The molecular formula is C17H25NO3. The molecule has 116 valence electrons. The summed E-state index contributed by atoms with van der Waals surface area (Å²) < 4.78 is 10.6. The van der Waals surface area contributed by atoms with Gasteiger partial charge in [-0.3, -0.25) is 4.79 Å². The van der Waals surface area contributed by atoms with Crippen LogP contribution in [0.3, 0.4) is 0 Å². The summed E-state index contributed by atoms with van der Waals surface area (Å²) in [5.74, 6) is 1.14. The van der Waals surface area contributed by atoms with Gasteiger partial charge in [-0.1, -0.05) is 18.6 Å². The van der Waals surface area contributed by atoms with Crippen LogP contribution in [0.25, 0.3) is 0 Å². The van der Waals surface area contributed by atoms with Crippen LogP contribution in [0.1, 0.15) is 38.2 Å². The van der Waals surface area contributed by atoms with Gasteiger partial charge in [0.2, 0.25) is 0 Å². The van der Waals surface area contributed by atoms with Crippen molar-refractivity contribution in [2.24, 2.45) is 11.7 Å². The van der Waals surface area contributed by atoms with E-state index in [9.17, 15) is 4.79 Å². The third-order valence-electron chi connectivity index (χ3n) is 4.10. The van der Waals surface area contributed by atoms with Gasteiger partial charge in [-0.25, -0.2) is 0 Å². The molecule has 2 unspecified atom stereocenters. The Morgan fingerprint density at radius 1 is 1.29 bits per heavy atom. The lowest BCUT2D eigenvalue weighted by Gasteiger charge is -2.20. The first-order chi connectivity index (χ1) is 10.1.